The molecule has 0 spiro atoms. The average Bonchev–Trinajstić information content (AvgIpc) is 3.32. The summed E-state index contributed by atoms with van der Waals surface area (Å²) in [5.74, 6) is 0. The number of rotatable bonds is 5. The Morgan fingerprint density at radius 3 is 2.77 bits per heavy atom. The molecule has 0 amide bonds. The van der Waals surface area contributed by atoms with Gasteiger partial charge in [0.15, 0.2) is 6.23 Å². The molecule has 130 valence electrons. The van der Waals surface area contributed by atoms with Crippen molar-refractivity contribution in [2.45, 2.75) is 19.3 Å². The predicted molar refractivity (Wildman–Crippen MR) is 95.8 cm³/mol. The molecule has 0 unspecified atom stereocenters. The highest BCUT2D eigenvalue weighted by atomic mass is 16.5. The van der Waals surface area contributed by atoms with Gasteiger partial charge in [-0.05, 0) is 23.3 Å². The Morgan fingerprint density at radius 1 is 1.08 bits per heavy atom. The van der Waals surface area contributed by atoms with Crippen LogP contribution in [-0.2, 0) is 17.8 Å². The molecule has 1 atom stereocenters. The topological polar surface area (TPSA) is 67.0 Å². The van der Waals surface area contributed by atoms with Gasteiger partial charge in [-0.1, -0.05) is 47.7 Å². The summed E-state index contributed by atoms with van der Waals surface area (Å²) in [6.45, 7) is 2.96. The lowest BCUT2D eigenvalue weighted by Crippen LogP contribution is -2.23. The van der Waals surface area contributed by atoms with E-state index < -0.39 is 0 Å². The highest BCUT2D eigenvalue weighted by Gasteiger charge is 2.29. The van der Waals surface area contributed by atoms with E-state index in [1.165, 1.54) is 5.56 Å². The maximum Gasteiger partial charge on any atom is 0.157 e. The lowest BCUT2D eigenvalue weighted by molar-refractivity contribution is 0.0252. The molecule has 26 heavy (non-hydrogen) atoms. The number of aromatic nitrogens is 3. The number of nitrogens with zero attached hydrogens (tertiary/aromatic N) is 5. The van der Waals surface area contributed by atoms with Gasteiger partial charge >= 0.3 is 0 Å². The molecular formula is C20H19N5O. The van der Waals surface area contributed by atoms with Gasteiger partial charge in [-0.15, -0.1) is 5.10 Å². The first kappa shape index (κ1) is 16.5. The molecule has 1 aliphatic heterocycles. The van der Waals surface area contributed by atoms with E-state index in [2.05, 4.69) is 33.4 Å². The van der Waals surface area contributed by atoms with Gasteiger partial charge in [0.05, 0.1) is 31.0 Å². The second-order valence-electron chi connectivity index (χ2n) is 6.33. The number of hydrogen-bond donors (Lipinski definition) is 0. The molecule has 0 saturated carbocycles. The first-order valence-corrected chi connectivity index (χ1v) is 8.60. The Hall–Kier alpha value is -3.01. The molecule has 3 aromatic rings. The first-order chi connectivity index (χ1) is 12.8. The van der Waals surface area contributed by atoms with Gasteiger partial charge in [0.1, 0.15) is 5.69 Å². The highest BCUT2D eigenvalue weighted by Crippen LogP contribution is 2.27. The van der Waals surface area contributed by atoms with Gasteiger partial charge in [0.2, 0.25) is 0 Å². The van der Waals surface area contributed by atoms with E-state index in [9.17, 15) is 0 Å². The van der Waals surface area contributed by atoms with E-state index in [4.69, 9.17) is 10.00 Å². The molecule has 2 heterocycles. The Labute approximate surface area is 152 Å². The summed E-state index contributed by atoms with van der Waals surface area (Å²) in [6, 6.07) is 20.0. The Balaban J connectivity index is 1.47. The second kappa shape index (κ2) is 7.48. The normalized spacial score (nSPS) is 17.3. The van der Waals surface area contributed by atoms with Crippen LogP contribution in [0.5, 0.6) is 0 Å². The summed E-state index contributed by atoms with van der Waals surface area (Å²) in [4.78, 5) is 2.26. The maximum atomic E-state index is 9.02. The van der Waals surface area contributed by atoms with Crippen molar-refractivity contribution in [3.05, 3.63) is 83.2 Å². The quantitative estimate of drug-likeness (QED) is 0.711. The van der Waals surface area contributed by atoms with E-state index in [1.807, 2.05) is 42.6 Å². The number of hydrogen-bond acceptors (Lipinski definition) is 5. The molecule has 1 saturated heterocycles. The van der Waals surface area contributed by atoms with Crippen LogP contribution in [0.1, 0.15) is 28.6 Å². The Kier molecular flexibility index (Phi) is 4.73. The summed E-state index contributed by atoms with van der Waals surface area (Å²) < 4.78 is 7.68. The third kappa shape index (κ3) is 3.64. The summed E-state index contributed by atoms with van der Waals surface area (Å²) in [7, 11) is 0. The fraction of sp³-hybridized carbons (Fsp3) is 0.250. The van der Waals surface area contributed by atoms with Gasteiger partial charge < -0.3 is 4.74 Å². The standard InChI is InChI=1S/C20H19N5O/c21-12-17-7-4-8-18(11-17)14-25-15-19(22-23-25)20-24(9-10-26-20)13-16-5-2-1-3-6-16/h1-8,11,15,20H,9-10,13-14H2/t20-/m0/s1. The van der Waals surface area contributed by atoms with E-state index in [0.717, 1.165) is 24.3 Å². The van der Waals surface area contributed by atoms with Crippen molar-refractivity contribution < 1.29 is 4.74 Å². The average molecular weight is 345 g/mol. The zero-order valence-corrected chi connectivity index (χ0v) is 14.3. The van der Waals surface area contributed by atoms with Crippen LogP contribution in [0, 0.1) is 11.3 Å². The number of nitriles is 1. The van der Waals surface area contributed by atoms with Crippen molar-refractivity contribution in [1.29, 1.82) is 5.26 Å². The van der Waals surface area contributed by atoms with Crippen LogP contribution in [-0.4, -0.2) is 33.0 Å². The summed E-state index contributed by atoms with van der Waals surface area (Å²) in [5.41, 5.74) is 3.74. The van der Waals surface area contributed by atoms with Gasteiger partial charge in [0.25, 0.3) is 0 Å². The highest BCUT2D eigenvalue weighted by molar-refractivity contribution is 5.32. The third-order valence-corrected chi connectivity index (χ3v) is 4.42. The van der Waals surface area contributed by atoms with E-state index in [-0.39, 0.29) is 6.23 Å². The van der Waals surface area contributed by atoms with Crippen molar-refractivity contribution in [3.63, 3.8) is 0 Å². The molecule has 0 radical (unpaired) electrons. The smallest absolute Gasteiger partial charge is 0.157 e. The van der Waals surface area contributed by atoms with Gasteiger partial charge in [-0.3, -0.25) is 4.90 Å². The maximum absolute atomic E-state index is 9.02. The molecule has 2 aromatic carbocycles. The SMILES string of the molecule is N#Cc1cccc(Cn2cc([C@@H]3OCCN3Cc3ccccc3)nn2)c1. The zero-order valence-electron chi connectivity index (χ0n) is 14.3. The molecule has 1 fully saturated rings. The van der Waals surface area contributed by atoms with Crippen molar-refractivity contribution in [3.8, 4) is 6.07 Å². The molecular weight excluding hydrogens is 326 g/mol. The van der Waals surface area contributed by atoms with Crippen LogP contribution in [0.4, 0.5) is 0 Å². The van der Waals surface area contributed by atoms with E-state index in [1.54, 1.807) is 10.7 Å². The van der Waals surface area contributed by atoms with Crippen LogP contribution < -0.4 is 0 Å². The third-order valence-electron chi connectivity index (χ3n) is 4.42. The molecule has 0 bridgehead atoms. The monoisotopic (exact) mass is 345 g/mol. The van der Waals surface area contributed by atoms with Gasteiger partial charge in [0, 0.05) is 13.1 Å². The molecule has 0 aliphatic carbocycles. The van der Waals surface area contributed by atoms with Gasteiger partial charge in [-0.2, -0.15) is 5.26 Å². The molecule has 4 rings (SSSR count). The molecule has 1 aromatic heterocycles. The lowest BCUT2D eigenvalue weighted by atomic mass is 10.1. The molecule has 0 N–H and O–H groups in total. The largest absolute Gasteiger partial charge is 0.356 e. The van der Waals surface area contributed by atoms with E-state index >= 15 is 0 Å². The minimum Gasteiger partial charge on any atom is -0.356 e. The van der Waals surface area contributed by atoms with Crippen LogP contribution in [0.15, 0.2) is 60.8 Å². The predicted octanol–water partition coefficient (Wildman–Crippen LogP) is 2.73. The summed E-state index contributed by atoms with van der Waals surface area (Å²) in [6.07, 6.45) is 1.75. The zero-order chi connectivity index (χ0) is 17.8. The van der Waals surface area contributed by atoms with Crippen LogP contribution in [0.3, 0.4) is 0 Å². The summed E-state index contributed by atoms with van der Waals surface area (Å²) >= 11 is 0. The minimum atomic E-state index is -0.172. The van der Waals surface area contributed by atoms with Crippen LogP contribution in [0.2, 0.25) is 0 Å². The van der Waals surface area contributed by atoms with Crippen LogP contribution in [0.25, 0.3) is 0 Å². The molecule has 6 nitrogen and oxygen atoms in total. The fourth-order valence-corrected chi connectivity index (χ4v) is 3.19. The van der Waals surface area contributed by atoms with Crippen molar-refractivity contribution in [2.75, 3.05) is 13.2 Å². The Morgan fingerprint density at radius 2 is 1.92 bits per heavy atom. The number of ether oxygens (including phenoxy) is 1. The van der Waals surface area contributed by atoms with Crippen LogP contribution >= 0.6 is 0 Å². The van der Waals surface area contributed by atoms with E-state index in [0.29, 0.717) is 18.7 Å². The van der Waals surface area contributed by atoms with Crippen molar-refractivity contribution >= 4 is 0 Å². The minimum absolute atomic E-state index is 0.172. The molecule has 6 heteroatoms. The number of benzene rings is 2. The fourth-order valence-electron chi connectivity index (χ4n) is 3.19. The van der Waals surface area contributed by atoms with Gasteiger partial charge in [-0.25, -0.2) is 4.68 Å². The van der Waals surface area contributed by atoms with Crippen molar-refractivity contribution in [2.24, 2.45) is 0 Å². The Bertz CT molecular complexity index is 915. The lowest BCUT2D eigenvalue weighted by Gasteiger charge is -2.20. The first-order valence-electron chi connectivity index (χ1n) is 8.60. The second-order valence-corrected chi connectivity index (χ2v) is 6.33. The summed E-state index contributed by atoms with van der Waals surface area (Å²) in [5, 5.41) is 17.6. The van der Waals surface area contributed by atoms with Crippen molar-refractivity contribution in [1.82, 2.24) is 19.9 Å². The molecule has 1 aliphatic rings.